The van der Waals surface area contributed by atoms with E-state index in [0.29, 0.717) is 28.6 Å². The molecule has 5 rings (SSSR count). The van der Waals surface area contributed by atoms with Crippen molar-refractivity contribution in [2.45, 2.75) is 50.6 Å². The number of sulfonamides is 1. The molecule has 0 aliphatic carbocycles. The maximum atomic E-state index is 14.7. The summed E-state index contributed by atoms with van der Waals surface area (Å²) in [6.07, 6.45) is 1.88. The average Bonchev–Trinajstić information content (AvgIpc) is 3.13. The Hall–Kier alpha value is -5.12. The molecule has 1 N–H and O–H groups in total. The number of nitrogens with zero attached hydrogens (tertiary/aromatic N) is 2. The molecule has 0 saturated heterocycles. The fourth-order valence-electron chi connectivity index (χ4n) is 5.56. The molecule has 1 unspecified atom stereocenters. The van der Waals surface area contributed by atoms with E-state index in [1.54, 1.807) is 54.6 Å². The minimum absolute atomic E-state index is 0.0281. The molecule has 51 heavy (non-hydrogen) atoms. The smallest absolute Gasteiger partial charge is 0.264 e. The first kappa shape index (κ1) is 37.1. The van der Waals surface area contributed by atoms with Crippen molar-refractivity contribution < 1.29 is 22.7 Å². The Bertz CT molecular complexity index is 1990. The number of carbonyl (C=O) groups excluding carboxylic acids is 2. The van der Waals surface area contributed by atoms with Gasteiger partial charge in [-0.2, -0.15) is 0 Å². The molecule has 10 heteroatoms. The lowest BCUT2D eigenvalue weighted by molar-refractivity contribution is -0.140. The molecule has 5 aromatic rings. The van der Waals surface area contributed by atoms with Gasteiger partial charge in [-0.1, -0.05) is 103 Å². The van der Waals surface area contributed by atoms with Gasteiger partial charge in [-0.25, -0.2) is 8.42 Å². The van der Waals surface area contributed by atoms with Gasteiger partial charge in [0.25, 0.3) is 10.0 Å². The molecule has 0 aliphatic heterocycles. The van der Waals surface area contributed by atoms with Crippen molar-refractivity contribution in [3.8, 4) is 11.5 Å². The quantitative estimate of drug-likeness (QED) is 0.104. The number of aryl methyl sites for hydroxylation is 1. The zero-order chi connectivity index (χ0) is 36.2. The summed E-state index contributed by atoms with van der Waals surface area (Å²) in [4.78, 5) is 30.1. The zero-order valence-electron chi connectivity index (χ0n) is 28.7. The molecule has 264 valence electrons. The Balaban J connectivity index is 1.55. The van der Waals surface area contributed by atoms with Gasteiger partial charge in [0, 0.05) is 24.5 Å². The van der Waals surface area contributed by atoms with Crippen LogP contribution in [0.1, 0.15) is 36.5 Å². The van der Waals surface area contributed by atoms with Gasteiger partial charge in [0.1, 0.15) is 24.1 Å². The third-order valence-corrected chi connectivity index (χ3v) is 10.4. The SMILES string of the molecule is CCCCNC(=O)C(Cc1ccccc1)N(Cc1cccc(Cl)c1)C(=O)CN(c1ccc(Oc2ccccc2)cc1)S(=O)(=O)c1ccc(C)cc1. The predicted molar refractivity (Wildman–Crippen MR) is 203 cm³/mol. The van der Waals surface area contributed by atoms with Crippen LogP contribution in [-0.4, -0.2) is 44.3 Å². The largest absolute Gasteiger partial charge is 0.457 e. The molecule has 0 fully saturated rings. The van der Waals surface area contributed by atoms with Crippen LogP contribution < -0.4 is 14.4 Å². The number of amides is 2. The maximum Gasteiger partial charge on any atom is 0.264 e. The molecular formula is C41H42ClN3O5S. The molecular weight excluding hydrogens is 682 g/mol. The van der Waals surface area contributed by atoms with Crippen LogP contribution in [-0.2, 0) is 32.6 Å². The molecule has 0 aromatic heterocycles. The van der Waals surface area contributed by atoms with E-state index in [2.05, 4.69) is 5.32 Å². The number of nitrogens with one attached hydrogen (secondary N) is 1. The zero-order valence-corrected chi connectivity index (χ0v) is 30.3. The van der Waals surface area contributed by atoms with Gasteiger partial charge in [0.15, 0.2) is 0 Å². The Labute approximate surface area is 305 Å². The number of anilines is 1. The van der Waals surface area contributed by atoms with E-state index < -0.39 is 28.5 Å². The van der Waals surface area contributed by atoms with Crippen molar-refractivity contribution in [2.24, 2.45) is 0 Å². The Kier molecular flexibility index (Phi) is 12.9. The highest BCUT2D eigenvalue weighted by molar-refractivity contribution is 7.92. The maximum absolute atomic E-state index is 14.7. The second-order valence-electron chi connectivity index (χ2n) is 12.2. The van der Waals surface area contributed by atoms with Gasteiger partial charge < -0.3 is 15.0 Å². The van der Waals surface area contributed by atoms with E-state index in [0.717, 1.165) is 28.3 Å². The molecule has 1 atom stereocenters. The van der Waals surface area contributed by atoms with Crippen LogP contribution in [0, 0.1) is 6.92 Å². The summed E-state index contributed by atoms with van der Waals surface area (Å²) in [6, 6.07) is 37.8. The van der Waals surface area contributed by atoms with E-state index in [-0.39, 0.29) is 29.5 Å². The molecule has 5 aromatic carbocycles. The van der Waals surface area contributed by atoms with Crippen LogP contribution in [0.4, 0.5) is 5.69 Å². The number of hydrogen-bond donors (Lipinski definition) is 1. The van der Waals surface area contributed by atoms with Crippen molar-refractivity contribution in [1.29, 1.82) is 0 Å². The van der Waals surface area contributed by atoms with Gasteiger partial charge in [0.2, 0.25) is 11.8 Å². The molecule has 8 nitrogen and oxygen atoms in total. The monoisotopic (exact) mass is 723 g/mol. The van der Waals surface area contributed by atoms with Crippen LogP contribution in [0.3, 0.4) is 0 Å². The summed E-state index contributed by atoms with van der Waals surface area (Å²) in [6.45, 7) is 3.82. The van der Waals surface area contributed by atoms with Crippen molar-refractivity contribution in [2.75, 3.05) is 17.4 Å². The minimum Gasteiger partial charge on any atom is -0.457 e. The van der Waals surface area contributed by atoms with Crippen molar-refractivity contribution in [3.05, 3.63) is 155 Å². The van der Waals surface area contributed by atoms with E-state index >= 15 is 0 Å². The first-order valence-electron chi connectivity index (χ1n) is 16.9. The lowest BCUT2D eigenvalue weighted by atomic mass is 10.0. The highest BCUT2D eigenvalue weighted by Gasteiger charge is 2.34. The number of ether oxygens (including phenoxy) is 1. The molecule has 0 saturated carbocycles. The summed E-state index contributed by atoms with van der Waals surface area (Å²) in [5.41, 5.74) is 2.71. The third kappa shape index (κ3) is 10.2. The van der Waals surface area contributed by atoms with Gasteiger partial charge >= 0.3 is 0 Å². The molecule has 0 radical (unpaired) electrons. The van der Waals surface area contributed by atoms with Crippen molar-refractivity contribution in [3.63, 3.8) is 0 Å². The number of para-hydroxylation sites is 1. The van der Waals surface area contributed by atoms with Crippen molar-refractivity contribution >= 4 is 39.1 Å². The number of benzene rings is 5. The van der Waals surface area contributed by atoms with Crippen LogP contribution in [0.15, 0.2) is 138 Å². The topological polar surface area (TPSA) is 96.0 Å². The fourth-order valence-corrected chi connectivity index (χ4v) is 7.19. The lowest BCUT2D eigenvalue weighted by Gasteiger charge is -2.34. The summed E-state index contributed by atoms with van der Waals surface area (Å²) in [7, 11) is -4.25. The number of carbonyl (C=O) groups is 2. The molecule has 0 spiro atoms. The summed E-state index contributed by atoms with van der Waals surface area (Å²) in [5.74, 6) is 0.251. The molecule has 0 heterocycles. The van der Waals surface area contributed by atoms with Gasteiger partial charge in [-0.3, -0.25) is 13.9 Å². The van der Waals surface area contributed by atoms with Crippen LogP contribution >= 0.6 is 11.6 Å². The summed E-state index contributed by atoms with van der Waals surface area (Å²) >= 11 is 6.35. The second kappa shape index (κ2) is 17.7. The highest BCUT2D eigenvalue weighted by Crippen LogP contribution is 2.29. The van der Waals surface area contributed by atoms with E-state index in [9.17, 15) is 18.0 Å². The Morgan fingerprint density at radius 2 is 1.41 bits per heavy atom. The number of rotatable bonds is 16. The normalized spacial score (nSPS) is 11.7. The van der Waals surface area contributed by atoms with Gasteiger partial charge in [-0.15, -0.1) is 0 Å². The number of hydrogen-bond acceptors (Lipinski definition) is 5. The fraction of sp³-hybridized carbons (Fsp3) is 0.220. The van der Waals surface area contributed by atoms with Gasteiger partial charge in [-0.05, 0) is 85.1 Å². The summed E-state index contributed by atoms with van der Waals surface area (Å²) < 4.78 is 35.8. The standard InChI is InChI=1S/C41H42ClN3O5S/c1-3-4-26-43-41(47)39(28-32-12-7-5-8-13-32)44(29-33-14-11-15-34(42)27-33)40(46)30-45(51(48,49)38-24-18-31(2)19-25-38)35-20-22-37(23-21-35)50-36-16-9-6-10-17-36/h5-25,27,39H,3-4,26,28-30H2,1-2H3,(H,43,47). The van der Waals surface area contributed by atoms with E-state index in [1.807, 2.05) is 80.6 Å². The van der Waals surface area contributed by atoms with Crippen molar-refractivity contribution in [1.82, 2.24) is 10.2 Å². The van der Waals surface area contributed by atoms with E-state index in [1.165, 1.54) is 17.0 Å². The number of unbranched alkanes of at least 4 members (excludes halogenated alkanes) is 1. The van der Waals surface area contributed by atoms with Crippen LogP contribution in [0.5, 0.6) is 11.5 Å². The lowest BCUT2D eigenvalue weighted by Crippen LogP contribution is -2.53. The first-order chi connectivity index (χ1) is 24.6. The average molecular weight is 724 g/mol. The third-order valence-electron chi connectivity index (χ3n) is 8.33. The molecule has 2 amide bonds. The van der Waals surface area contributed by atoms with Crippen LogP contribution in [0.2, 0.25) is 5.02 Å². The Morgan fingerprint density at radius 1 is 0.784 bits per heavy atom. The molecule has 0 aliphatic rings. The highest BCUT2D eigenvalue weighted by atomic mass is 35.5. The van der Waals surface area contributed by atoms with Gasteiger partial charge in [0.05, 0.1) is 10.6 Å². The second-order valence-corrected chi connectivity index (χ2v) is 14.5. The minimum atomic E-state index is -4.25. The van der Waals surface area contributed by atoms with E-state index in [4.69, 9.17) is 16.3 Å². The number of halogens is 1. The first-order valence-corrected chi connectivity index (χ1v) is 18.7. The molecule has 0 bridgehead atoms. The summed E-state index contributed by atoms with van der Waals surface area (Å²) in [5, 5.41) is 3.48. The predicted octanol–water partition coefficient (Wildman–Crippen LogP) is 8.19. The van der Waals surface area contributed by atoms with Crippen LogP contribution in [0.25, 0.3) is 0 Å². The Morgan fingerprint density at radius 3 is 2.06 bits per heavy atom.